The molecule has 7 nitrogen and oxygen atoms in total. The molecule has 0 saturated heterocycles. The molecule has 0 fully saturated rings. The number of benzene rings is 2. The fraction of sp³-hybridized carbons (Fsp3) is 0.231. The number of hydrogen-bond acceptors (Lipinski definition) is 6. The highest BCUT2D eigenvalue weighted by molar-refractivity contribution is 5.74. The van der Waals surface area contributed by atoms with E-state index in [1.54, 1.807) is 19.5 Å². The van der Waals surface area contributed by atoms with Gasteiger partial charge in [0.25, 0.3) is 11.6 Å². The van der Waals surface area contributed by atoms with Crippen LogP contribution in [0.2, 0.25) is 0 Å². The molecule has 0 radical (unpaired) electrons. The minimum absolute atomic E-state index is 0.162. The van der Waals surface area contributed by atoms with E-state index in [2.05, 4.69) is 28.3 Å². The topological polar surface area (TPSA) is 89.4 Å². The van der Waals surface area contributed by atoms with Crippen LogP contribution in [0.4, 0.5) is 11.7 Å². The van der Waals surface area contributed by atoms with Gasteiger partial charge in [0.15, 0.2) is 5.76 Å². The monoisotopic (exact) mass is 445 g/mol. The van der Waals surface area contributed by atoms with Crippen LogP contribution in [0, 0.1) is 20.8 Å². The lowest BCUT2D eigenvalue weighted by Gasteiger charge is -2.11. The molecule has 2 heterocycles. The van der Waals surface area contributed by atoms with Crippen LogP contribution < -0.4 is 15.6 Å². The molecule has 4 aromatic rings. The summed E-state index contributed by atoms with van der Waals surface area (Å²) in [5.74, 6) is 1.17. The van der Waals surface area contributed by atoms with Crippen molar-refractivity contribution in [3.8, 4) is 28.2 Å². The molecule has 2 aromatic carbocycles. The number of aryl methyl sites for hydroxylation is 2. The molecule has 0 unspecified atom stereocenters. The molecule has 2 N–H and O–H groups in total. The molecule has 4 rings (SSSR count). The fourth-order valence-corrected chi connectivity index (χ4v) is 3.61. The molecule has 0 saturated carbocycles. The lowest BCUT2D eigenvalue weighted by Crippen LogP contribution is -2.10. The second kappa shape index (κ2) is 9.75. The highest BCUT2D eigenvalue weighted by Gasteiger charge is 2.14. The second-order valence-corrected chi connectivity index (χ2v) is 7.85. The van der Waals surface area contributed by atoms with Gasteiger partial charge in [0, 0.05) is 24.6 Å². The highest BCUT2D eigenvalue weighted by Crippen LogP contribution is 2.33. The van der Waals surface area contributed by atoms with Crippen molar-refractivity contribution in [2.24, 2.45) is 0 Å². The molecular weight excluding hydrogens is 418 g/mol. The van der Waals surface area contributed by atoms with E-state index in [0.29, 0.717) is 36.3 Å². The number of H-pyrrole nitrogens is 1. The van der Waals surface area contributed by atoms with Crippen LogP contribution in [-0.4, -0.2) is 30.3 Å². The molecule has 170 valence electrons. The van der Waals surface area contributed by atoms with Gasteiger partial charge in [0.05, 0.1) is 18.4 Å². The summed E-state index contributed by atoms with van der Waals surface area (Å²) in [6, 6.07) is 13.9. The first-order valence-electron chi connectivity index (χ1n) is 10.7. The van der Waals surface area contributed by atoms with Gasteiger partial charge in [-0.25, -0.2) is 4.98 Å². The fourth-order valence-electron chi connectivity index (χ4n) is 3.61. The number of oxazole rings is 1. The molecule has 0 aliphatic carbocycles. The normalized spacial score (nSPS) is 10.9. The Morgan fingerprint density at radius 1 is 1.03 bits per heavy atom. The first-order chi connectivity index (χ1) is 16.0. The summed E-state index contributed by atoms with van der Waals surface area (Å²) < 4.78 is 17.0. The Labute approximate surface area is 192 Å². The third-order valence-electron chi connectivity index (χ3n) is 5.56. The summed E-state index contributed by atoms with van der Waals surface area (Å²) in [6.07, 6.45) is 3.30. The van der Waals surface area contributed by atoms with Gasteiger partial charge in [-0.15, -0.1) is 0 Å². The number of rotatable bonds is 8. The Bertz CT molecular complexity index is 1320. The number of methoxy groups -OCH3 is 1. The maximum absolute atomic E-state index is 12.6. The van der Waals surface area contributed by atoms with Crippen molar-refractivity contribution in [3.63, 3.8) is 0 Å². The Morgan fingerprint density at radius 3 is 2.64 bits per heavy atom. The number of aromatic amines is 1. The standard InChI is InChI=1S/C26H27N3O4/c1-16-6-5-7-22(18(16)3)29-26-28-15-23(33-26)19-12-20(14-21(13-19)32-11-10-31-4)24-17(2)8-9-27-25(24)30/h5-9,12-15H,10-11H2,1-4H3,(H,27,30)(H,28,29). The lowest BCUT2D eigenvalue weighted by atomic mass is 9.99. The predicted molar refractivity (Wildman–Crippen MR) is 129 cm³/mol. The molecule has 0 aliphatic rings. The Balaban J connectivity index is 1.72. The van der Waals surface area contributed by atoms with Crippen LogP contribution >= 0.6 is 0 Å². The summed E-state index contributed by atoms with van der Waals surface area (Å²) in [5.41, 5.74) is 6.03. The van der Waals surface area contributed by atoms with Crippen LogP contribution in [0.15, 0.2) is 64.1 Å². The van der Waals surface area contributed by atoms with Crippen LogP contribution in [0.3, 0.4) is 0 Å². The molecule has 2 aromatic heterocycles. The van der Waals surface area contributed by atoms with E-state index < -0.39 is 0 Å². The van der Waals surface area contributed by atoms with E-state index in [9.17, 15) is 4.79 Å². The van der Waals surface area contributed by atoms with Crippen molar-refractivity contribution in [1.29, 1.82) is 0 Å². The highest BCUT2D eigenvalue weighted by atomic mass is 16.5. The van der Waals surface area contributed by atoms with E-state index in [0.717, 1.165) is 27.9 Å². The number of nitrogens with zero attached hydrogens (tertiary/aromatic N) is 1. The minimum atomic E-state index is -0.162. The summed E-state index contributed by atoms with van der Waals surface area (Å²) in [4.78, 5) is 19.7. The number of ether oxygens (including phenoxy) is 2. The van der Waals surface area contributed by atoms with Crippen LogP contribution in [0.25, 0.3) is 22.5 Å². The second-order valence-electron chi connectivity index (χ2n) is 7.85. The lowest BCUT2D eigenvalue weighted by molar-refractivity contribution is 0.146. The van der Waals surface area contributed by atoms with Gasteiger partial charge >= 0.3 is 0 Å². The van der Waals surface area contributed by atoms with Gasteiger partial charge in [0.1, 0.15) is 12.4 Å². The molecule has 0 amide bonds. The molecule has 0 aliphatic heterocycles. The van der Waals surface area contributed by atoms with E-state index in [1.165, 1.54) is 5.56 Å². The van der Waals surface area contributed by atoms with E-state index in [1.807, 2.05) is 50.2 Å². The molecule has 0 bridgehead atoms. The summed E-state index contributed by atoms with van der Waals surface area (Å²) in [6.45, 7) is 6.86. The summed E-state index contributed by atoms with van der Waals surface area (Å²) >= 11 is 0. The van der Waals surface area contributed by atoms with Gasteiger partial charge in [-0.3, -0.25) is 4.79 Å². The molecule has 0 atom stereocenters. The number of aromatic nitrogens is 2. The molecular formula is C26H27N3O4. The van der Waals surface area contributed by atoms with Gasteiger partial charge in [-0.1, -0.05) is 12.1 Å². The van der Waals surface area contributed by atoms with Crippen LogP contribution in [0.5, 0.6) is 5.75 Å². The maximum Gasteiger partial charge on any atom is 0.299 e. The van der Waals surface area contributed by atoms with Crippen LogP contribution in [0.1, 0.15) is 16.7 Å². The Hall–Kier alpha value is -3.84. The zero-order valence-electron chi connectivity index (χ0n) is 19.2. The van der Waals surface area contributed by atoms with Gasteiger partial charge in [0.2, 0.25) is 0 Å². The van der Waals surface area contributed by atoms with Crippen molar-refractivity contribution < 1.29 is 13.9 Å². The molecule has 0 spiro atoms. The zero-order valence-corrected chi connectivity index (χ0v) is 19.2. The quantitative estimate of drug-likeness (QED) is 0.354. The first-order valence-corrected chi connectivity index (χ1v) is 10.7. The summed E-state index contributed by atoms with van der Waals surface area (Å²) in [7, 11) is 1.62. The van der Waals surface area contributed by atoms with E-state index in [4.69, 9.17) is 13.9 Å². The minimum Gasteiger partial charge on any atom is -0.491 e. The van der Waals surface area contributed by atoms with Gasteiger partial charge in [-0.2, -0.15) is 0 Å². The first kappa shape index (κ1) is 22.4. The Kier molecular flexibility index (Phi) is 6.60. The molecule has 7 heteroatoms. The van der Waals surface area contributed by atoms with E-state index >= 15 is 0 Å². The third kappa shape index (κ3) is 4.99. The Morgan fingerprint density at radius 2 is 1.85 bits per heavy atom. The number of hydrogen-bond donors (Lipinski definition) is 2. The average molecular weight is 446 g/mol. The van der Waals surface area contributed by atoms with Crippen molar-refractivity contribution in [1.82, 2.24) is 9.97 Å². The molecule has 33 heavy (non-hydrogen) atoms. The smallest absolute Gasteiger partial charge is 0.299 e. The van der Waals surface area contributed by atoms with Gasteiger partial charge < -0.3 is 24.2 Å². The predicted octanol–water partition coefficient (Wildman–Crippen LogP) is 5.39. The van der Waals surface area contributed by atoms with Crippen LogP contribution in [-0.2, 0) is 4.74 Å². The average Bonchev–Trinajstić information content (AvgIpc) is 3.26. The largest absolute Gasteiger partial charge is 0.491 e. The van der Waals surface area contributed by atoms with Crippen molar-refractivity contribution >= 4 is 11.7 Å². The maximum atomic E-state index is 12.6. The number of pyridine rings is 1. The SMILES string of the molecule is COCCOc1cc(-c2cnc(Nc3cccc(C)c3C)o2)cc(-c2c(C)cc[nH]c2=O)c1. The number of nitrogens with one attached hydrogen (secondary N) is 2. The van der Waals surface area contributed by atoms with Gasteiger partial charge in [-0.05, 0) is 73.4 Å². The van der Waals surface area contributed by atoms with Crippen molar-refractivity contribution in [2.75, 3.05) is 25.6 Å². The van der Waals surface area contributed by atoms with Crippen molar-refractivity contribution in [2.45, 2.75) is 20.8 Å². The summed E-state index contributed by atoms with van der Waals surface area (Å²) in [5, 5.41) is 3.24. The third-order valence-corrected chi connectivity index (χ3v) is 5.56. The van der Waals surface area contributed by atoms with Crippen molar-refractivity contribution in [3.05, 3.63) is 81.9 Å². The zero-order chi connectivity index (χ0) is 23.4. The van der Waals surface area contributed by atoms with E-state index in [-0.39, 0.29) is 5.56 Å². The number of anilines is 2.